The van der Waals surface area contributed by atoms with Crippen LogP contribution >= 0.6 is 0 Å². The van der Waals surface area contributed by atoms with E-state index in [1.807, 2.05) is 30.1 Å². The number of likely N-dealkylation sites (tertiary alicyclic amines) is 1. The molecule has 0 spiro atoms. The highest BCUT2D eigenvalue weighted by Gasteiger charge is 2.32. The first-order valence-electron chi connectivity index (χ1n) is 9.51. The van der Waals surface area contributed by atoms with E-state index >= 15 is 0 Å². The molecule has 1 aromatic carbocycles. The largest absolute Gasteiger partial charge is 0.497 e. The fourth-order valence-electron chi connectivity index (χ4n) is 3.61. The number of hydrogen-bond acceptors (Lipinski definition) is 5. The summed E-state index contributed by atoms with van der Waals surface area (Å²) in [5.41, 5.74) is 0.969. The smallest absolute Gasteiger partial charge is 0.237 e. The molecule has 7 heteroatoms. The van der Waals surface area contributed by atoms with Crippen molar-refractivity contribution in [1.82, 2.24) is 15.1 Å². The van der Waals surface area contributed by atoms with Gasteiger partial charge >= 0.3 is 0 Å². The van der Waals surface area contributed by atoms with Crippen molar-refractivity contribution in [3.05, 3.63) is 23.8 Å². The number of carbonyl (C=O) groups is 2. The number of likely N-dealkylation sites (N-methyl/N-ethyl adjacent to an activating group) is 1. The van der Waals surface area contributed by atoms with Crippen LogP contribution in [0.1, 0.15) is 37.3 Å². The van der Waals surface area contributed by atoms with E-state index in [1.165, 1.54) is 0 Å². The predicted molar refractivity (Wildman–Crippen MR) is 102 cm³/mol. The van der Waals surface area contributed by atoms with Gasteiger partial charge in [-0.2, -0.15) is 0 Å². The molecule has 1 aromatic rings. The van der Waals surface area contributed by atoms with Crippen LogP contribution in [0.2, 0.25) is 0 Å². The number of benzene rings is 1. The van der Waals surface area contributed by atoms with Crippen LogP contribution in [0, 0.1) is 0 Å². The molecule has 1 aliphatic carbocycles. The van der Waals surface area contributed by atoms with Gasteiger partial charge in [-0.25, -0.2) is 0 Å². The van der Waals surface area contributed by atoms with E-state index in [0.717, 1.165) is 42.7 Å². The van der Waals surface area contributed by atoms with Crippen molar-refractivity contribution in [1.29, 1.82) is 0 Å². The Labute approximate surface area is 160 Å². The first kappa shape index (κ1) is 19.5. The first-order chi connectivity index (χ1) is 13.0. The molecule has 148 valence electrons. The minimum Gasteiger partial charge on any atom is -0.497 e. The molecule has 1 N–H and O–H groups in total. The molecule has 1 atom stereocenters. The lowest BCUT2D eigenvalue weighted by Gasteiger charge is -2.28. The molecule has 2 fully saturated rings. The van der Waals surface area contributed by atoms with Gasteiger partial charge in [0, 0.05) is 18.2 Å². The van der Waals surface area contributed by atoms with Gasteiger partial charge in [0.05, 0.1) is 33.4 Å². The van der Waals surface area contributed by atoms with Crippen molar-refractivity contribution in [2.75, 3.05) is 40.9 Å². The predicted octanol–water partition coefficient (Wildman–Crippen LogP) is 1.58. The standard InChI is InChI=1S/C20H29N3O4/c1-22(12-19(24)21-14-6-7-14)13-20(25)23-10-4-5-17(23)16-11-15(26-2)8-9-18(16)27-3/h8-9,11,14,17H,4-7,10,12-13H2,1-3H3,(H,21,24)/t17-/m0/s1. The van der Waals surface area contributed by atoms with Gasteiger partial charge in [-0.15, -0.1) is 0 Å². The fraction of sp³-hybridized carbons (Fsp3) is 0.600. The number of nitrogens with zero attached hydrogens (tertiary/aromatic N) is 2. The minimum atomic E-state index is -0.0313. The first-order valence-corrected chi connectivity index (χ1v) is 9.51. The molecule has 1 aliphatic heterocycles. The third-order valence-electron chi connectivity index (χ3n) is 5.13. The second kappa shape index (κ2) is 8.61. The fourth-order valence-corrected chi connectivity index (χ4v) is 3.61. The van der Waals surface area contributed by atoms with E-state index in [1.54, 1.807) is 19.1 Å². The number of carbonyl (C=O) groups excluding carboxylic acids is 2. The number of rotatable bonds is 8. The summed E-state index contributed by atoms with van der Waals surface area (Å²) in [6.45, 7) is 1.18. The maximum atomic E-state index is 12.9. The van der Waals surface area contributed by atoms with Crippen LogP contribution in [0.5, 0.6) is 11.5 Å². The van der Waals surface area contributed by atoms with E-state index in [-0.39, 0.29) is 30.9 Å². The summed E-state index contributed by atoms with van der Waals surface area (Å²) < 4.78 is 10.8. The van der Waals surface area contributed by atoms with Crippen molar-refractivity contribution in [2.45, 2.75) is 37.8 Å². The highest BCUT2D eigenvalue weighted by atomic mass is 16.5. The Morgan fingerprint density at radius 2 is 1.96 bits per heavy atom. The second-order valence-electron chi connectivity index (χ2n) is 7.37. The van der Waals surface area contributed by atoms with Gasteiger partial charge in [0.15, 0.2) is 0 Å². The van der Waals surface area contributed by atoms with Crippen LogP contribution in [-0.2, 0) is 9.59 Å². The molecule has 0 bridgehead atoms. The van der Waals surface area contributed by atoms with Gasteiger partial charge in [0.1, 0.15) is 11.5 Å². The number of amides is 2. The summed E-state index contributed by atoms with van der Waals surface area (Å²) in [5, 5.41) is 2.95. The van der Waals surface area contributed by atoms with Crippen LogP contribution in [0.25, 0.3) is 0 Å². The topological polar surface area (TPSA) is 71.1 Å². The summed E-state index contributed by atoms with van der Waals surface area (Å²) in [4.78, 5) is 28.5. The Hall–Kier alpha value is -2.28. The van der Waals surface area contributed by atoms with Gasteiger partial charge in [0.25, 0.3) is 0 Å². The zero-order valence-electron chi connectivity index (χ0n) is 16.4. The van der Waals surface area contributed by atoms with Crippen molar-refractivity contribution < 1.29 is 19.1 Å². The monoisotopic (exact) mass is 375 g/mol. The lowest BCUT2D eigenvalue weighted by atomic mass is 10.0. The Balaban J connectivity index is 1.64. The molecular weight excluding hydrogens is 346 g/mol. The third kappa shape index (κ3) is 4.91. The van der Waals surface area contributed by atoms with Crippen LogP contribution in [0.15, 0.2) is 18.2 Å². The highest BCUT2D eigenvalue weighted by Crippen LogP contribution is 2.38. The van der Waals surface area contributed by atoms with Crippen molar-refractivity contribution >= 4 is 11.8 Å². The summed E-state index contributed by atoms with van der Waals surface area (Å²) >= 11 is 0. The normalized spacial score (nSPS) is 19.3. The van der Waals surface area contributed by atoms with Crippen LogP contribution in [0.4, 0.5) is 0 Å². The Bertz CT molecular complexity index is 690. The maximum absolute atomic E-state index is 12.9. The molecule has 0 radical (unpaired) electrons. The number of hydrogen-bond donors (Lipinski definition) is 1. The average Bonchev–Trinajstić information content (AvgIpc) is 3.32. The Morgan fingerprint density at radius 1 is 1.19 bits per heavy atom. The van der Waals surface area contributed by atoms with Gasteiger partial charge in [0.2, 0.25) is 11.8 Å². The van der Waals surface area contributed by atoms with Gasteiger partial charge in [-0.1, -0.05) is 0 Å². The summed E-state index contributed by atoms with van der Waals surface area (Å²) in [7, 11) is 5.07. The van der Waals surface area contributed by atoms with E-state index in [0.29, 0.717) is 12.6 Å². The van der Waals surface area contributed by atoms with E-state index in [4.69, 9.17) is 9.47 Å². The molecule has 1 heterocycles. The average molecular weight is 375 g/mol. The van der Waals surface area contributed by atoms with Gasteiger partial charge in [-0.3, -0.25) is 14.5 Å². The summed E-state index contributed by atoms with van der Waals surface area (Å²) in [6, 6.07) is 5.99. The lowest BCUT2D eigenvalue weighted by molar-refractivity contribution is -0.133. The van der Waals surface area contributed by atoms with Crippen LogP contribution in [0.3, 0.4) is 0 Å². The van der Waals surface area contributed by atoms with Crippen molar-refractivity contribution in [3.8, 4) is 11.5 Å². The van der Waals surface area contributed by atoms with Gasteiger partial charge < -0.3 is 19.7 Å². The van der Waals surface area contributed by atoms with E-state index in [9.17, 15) is 9.59 Å². The molecular formula is C20H29N3O4. The number of ether oxygens (including phenoxy) is 2. The molecule has 3 rings (SSSR count). The van der Waals surface area contributed by atoms with Crippen molar-refractivity contribution in [2.24, 2.45) is 0 Å². The molecule has 27 heavy (non-hydrogen) atoms. The molecule has 1 saturated heterocycles. The van der Waals surface area contributed by atoms with Crippen molar-refractivity contribution in [3.63, 3.8) is 0 Å². The quantitative estimate of drug-likeness (QED) is 0.747. The Morgan fingerprint density at radius 3 is 2.63 bits per heavy atom. The van der Waals surface area contributed by atoms with E-state index in [2.05, 4.69) is 5.32 Å². The summed E-state index contributed by atoms with van der Waals surface area (Å²) in [5.74, 6) is 1.53. The zero-order chi connectivity index (χ0) is 19.4. The minimum absolute atomic E-state index is 0.0137. The maximum Gasteiger partial charge on any atom is 0.237 e. The SMILES string of the molecule is COc1ccc(OC)c([C@@H]2CCCN2C(=O)CN(C)CC(=O)NC2CC2)c1. The molecule has 2 amide bonds. The lowest BCUT2D eigenvalue weighted by Crippen LogP contribution is -2.42. The molecule has 0 aromatic heterocycles. The van der Waals surface area contributed by atoms with Crippen LogP contribution in [-0.4, -0.2) is 68.6 Å². The van der Waals surface area contributed by atoms with Crippen LogP contribution < -0.4 is 14.8 Å². The third-order valence-corrected chi connectivity index (χ3v) is 5.13. The van der Waals surface area contributed by atoms with Gasteiger partial charge in [-0.05, 0) is 50.9 Å². The molecule has 7 nitrogen and oxygen atoms in total. The molecule has 1 saturated carbocycles. The zero-order valence-corrected chi connectivity index (χ0v) is 16.4. The van der Waals surface area contributed by atoms with E-state index < -0.39 is 0 Å². The summed E-state index contributed by atoms with van der Waals surface area (Å²) in [6.07, 6.45) is 3.96. The highest BCUT2D eigenvalue weighted by molar-refractivity contribution is 5.82. The molecule has 2 aliphatic rings. The number of nitrogens with one attached hydrogen (secondary N) is 1. The molecule has 0 unspecified atom stereocenters. The number of methoxy groups -OCH3 is 2. The Kier molecular flexibility index (Phi) is 6.21. The second-order valence-corrected chi connectivity index (χ2v) is 7.37.